The zero-order valence-electron chi connectivity index (χ0n) is 33.9. The maximum absolute atomic E-state index is 6.64. The van der Waals surface area contributed by atoms with Gasteiger partial charge in [-0.05, 0) is 75.7 Å². The van der Waals surface area contributed by atoms with Crippen LogP contribution in [0.2, 0.25) is 0 Å². The highest BCUT2D eigenvalue weighted by molar-refractivity contribution is 5.78. The van der Waals surface area contributed by atoms with Crippen molar-refractivity contribution in [2.75, 3.05) is 0 Å². The van der Waals surface area contributed by atoms with Crippen LogP contribution >= 0.6 is 0 Å². The second kappa shape index (κ2) is 14.7. The van der Waals surface area contributed by atoms with E-state index in [1.807, 2.05) is 30.4 Å². The lowest BCUT2D eigenvalue weighted by Gasteiger charge is -2.50. The Kier molecular flexibility index (Phi) is 9.06. The number of nitrogens with zero attached hydrogens (tertiary/aromatic N) is 3. The Morgan fingerprint density at radius 1 is 0.450 bits per heavy atom. The molecule has 7 aromatic carbocycles. The average Bonchev–Trinajstić information content (AvgIpc) is 3.31. The summed E-state index contributed by atoms with van der Waals surface area (Å²) in [6.07, 6.45) is 6.02. The first-order chi connectivity index (χ1) is 29.4. The highest BCUT2D eigenvalue weighted by Crippen LogP contribution is 2.60. The summed E-state index contributed by atoms with van der Waals surface area (Å²) in [5.41, 5.74) is 13.2. The largest absolute Gasteiger partial charge is 0.461 e. The molecule has 8 aromatic rings. The number of aromatic nitrogens is 3. The number of para-hydroxylation sites is 1. The summed E-state index contributed by atoms with van der Waals surface area (Å²) < 4.78 is 6.64. The Hall–Kier alpha value is -7.43. The predicted molar refractivity (Wildman–Crippen MR) is 245 cm³/mol. The van der Waals surface area contributed by atoms with Gasteiger partial charge in [0.2, 0.25) is 0 Å². The van der Waals surface area contributed by atoms with Gasteiger partial charge in [-0.25, -0.2) is 15.0 Å². The van der Waals surface area contributed by atoms with Crippen molar-refractivity contribution in [1.29, 1.82) is 0 Å². The molecule has 288 valence electrons. The van der Waals surface area contributed by atoms with Crippen molar-refractivity contribution >= 4 is 0 Å². The molecular weight excluding hydrogens is 731 g/mol. The quantitative estimate of drug-likeness (QED) is 0.151. The third-order valence-corrected chi connectivity index (χ3v) is 12.2. The summed E-state index contributed by atoms with van der Waals surface area (Å²) >= 11 is 0. The second-order valence-corrected chi connectivity index (χ2v) is 16.0. The van der Waals surface area contributed by atoms with E-state index in [0.717, 1.165) is 61.6 Å². The number of rotatable bonds is 7. The third kappa shape index (κ3) is 6.03. The van der Waals surface area contributed by atoms with Crippen LogP contribution in [0.1, 0.15) is 48.6 Å². The van der Waals surface area contributed by atoms with Crippen LogP contribution in [-0.4, -0.2) is 15.0 Å². The lowest BCUT2D eigenvalue weighted by Crippen LogP contribution is -2.44. The van der Waals surface area contributed by atoms with Crippen molar-refractivity contribution in [2.24, 2.45) is 0 Å². The SMILES string of the molecule is C=C/C=C\C1=C(C)Oc2ccccc2C12c1ccccc1C(C)(C)c1ccc(-c3nc(-c4cccc(-c5ccccc5)c4)nc(-c4cccc(-c5ccccc5)c4)n3)cc12. The lowest BCUT2D eigenvalue weighted by molar-refractivity contribution is 0.381. The van der Waals surface area contributed by atoms with Crippen LogP contribution in [-0.2, 0) is 10.8 Å². The summed E-state index contributed by atoms with van der Waals surface area (Å²) in [5, 5.41) is 0. The van der Waals surface area contributed by atoms with E-state index in [-0.39, 0.29) is 5.41 Å². The molecular formula is C56H43N3O. The Morgan fingerprint density at radius 2 is 0.917 bits per heavy atom. The van der Waals surface area contributed by atoms with Crippen LogP contribution in [0.15, 0.2) is 212 Å². The first-order valence-electron chi connectivity index (χ1n) is 20.5. The van der Waals surface area contributed by atoms with E-state index >= 15 is 0 Å². The van der Waals surface area contributed by atoms with Crippen molar-refractivity contribution in [3.8, 4) is 62.2 Å². The fourth-order valence-corrected chi connectivity index (χ4v) is 9.37. The van der Waals surface area contributed by atoms with Crippen LogP contribution in [0.25, 0.3) is 56.4 Å². The van der Waals surface area contributed by atoms with E-state index < -0.39 is 5.41 Å². The van der Waals surface area contributed by atoms with Crippen LogP contribution in [0.3, 0.4) is 0 Å². The summed E-state index contributed by atoms with van der Waals surface area (Å²) in [6.45, 7) is 10.8. The molecule has 0 saturated heterocycles. The van der Waals surface area contributed by atoms with Crippen molar-refractivity contribution < 1.29 is 4.74 Å². The molecule has 0 bridgehead atoms. The average molecular weight is 774 g/mol. The molecule has 1 unspecified atom stereocenters. The minimum Gasteiger partial charge on any atom is -0.461 e. The Bertz CT molecular complexity index is 2910. The first-order valence-corrected chi connectivity index (χ1v) is 20.5. The molecule has 1 atom stereocenters. The smallest absolute Gasteiger partial charge is 0.164 e. The molecule has 4 nitrogen and oxygen atoms in total. The van der Waals surface area contributed by atoms with Gasteiger partial charge in [0, 0.05) is 33.2 Å². The van der Waals surface area contributed by atoms with Gasteiger partial charge < -0.3 is 4.74 Å². The van der Waals surface area contributed by atoms with E-state index in [9.17, 15) is 0 Å². The Balaban J connectivity index is 1.24. The standard InChI is InChI=1S/C56H43N3O/c1-5-6-27-45-37(2)60-51-31-16-15-30-49(51)56(45)48-29-14-13-28-46(48)55(3,4)47-33-32-44(36-50(47)56)54-58-52(42-25-17-23-40(34-42)38-19-9-7-10-20-38)57-53(59-54)43-26-18-24-41(35-43)39-21-11-8-12-22-39/h5-36H,1H2,2-4H3/b27-6-. The highest BCUT2D eigenvalue weighted by atomic mass is 16.5. The summed E-state index contributed by atoms with van der Waals surface area (Å²) in [6, 6.07) is 62.0. The van der Waals surface area contributed by atoms with Crippen LogP contribution in [0.4, 0.5) is 0 Å². The van der Waals surface area contributed by atoms with Gasteiger partial charge in [0.25, 0.3) is 0 Å². The Morgan fingerprint density at radius 3 is 1.50 bits per heavy atom. The molecule has 0 amide bonds. The van der Waals surface area contributed by atoms with E-state index in [4.69, 9.17) is 19.7 Å². The highest BCUT2D eigenvalue weighted by Gasteiger charge is 2.53. The van der Waals surface area contributed by atoms with Gasteiger partial charge in [0.05, 0.1) is 5.41 Å². The van der Waals surface area contributed by atoms with Gasteiger partial charge in [0.1, 0.15) is 11.5 Å². The number of ether oxygens (including phenoxy) is 1. The molecule has 60 heavy (non-hydrogen) atoms. The van der Waals surface area contributed by atoms with Crippen molar-refractivity contribution in [2.45, 2.75) is 31.6 Å². The van der Waals surface area contributed by atoms with Gasteiger partial charge in [-0.1, -0.05) is 190 Å². The lowest BCUT2D eigenvalue weighted by atomic mass is 9.53. The molecule has 1 aliphatic heterocycles. The predicted octanol–water partition coefficient (Wildman–Crippen LogP) is 13.6. The third-order valence-electron chi connectivity index (χ3n) is 12.2. The topological polar surface area (TPSA) is 47.9 Å². The van der Waals surface area contributed by atoms with E-state index in [0.29, 0.717) is 17.5 Å². The zero-order chi connectivity index (χ0) is 40.8. The number of hydrogen-bond acceptors (Lipinski definition) is 4. The van der Waals surface area contributed by atoms with Gasteiger partial charge in [-0.2, -0.15) is 0 Å². The molecule has 0 saturated carbocycles. The first kappa shape index (κ1) is 36.9. The number of allylic oxidation sites excluding steroid dienone is 5. The molecule has 4 heteroatoms. The zero-order valence-corrected chi connectivity index (χ0v) is 33.9. The number of fused-ring (bicyclic) bond motifs is 6. The summed E-state index contributed by atoms with van der Waals surface area (Å²) in [5.74, 6) is 3.51. The fourth-order valence-electron chi connectivity index (χ4n) is 9.37. The normalized spacial score (nSPS) is 16.2. The van der Waals surface area contributed by atoms with Crippen molar-refractivity contribution in [1.82, 2.24) is 15.0 Å². The minimum atomic E-state index is -0.706. The number of hydrogen-bond donors (Lipinski definition) is 0. The maximum Gasteiger partial charge on any atom is 0.164 e. The molecule has 0 radical (unpaired) electrons. The van der Waals surface area contributed by atoms with Gasteiger partial charge in [-0.3, -0.25) is 0 Å². The Labute approximate surface area is 352 Å². The van der Waals surface area contributed by atoms with Crippen LogP contribution < -0.4 is 4.74 Å². The van der Waals surface area contributed by atoms with E-state index in [1.165, 1.54) is 22.3 Å². The summed E-state index contributed by atoms with van der Waals surface area (Å²) in [7, 11) is 0. The molecule has 2 aliphatic rings. The molecule has 0 fully saturated rings. The molecule has 2 heterocycles. The second-order valence-electron chi connectivity index (χ2n) is 16.0. The van der Waals surface area contributed by atoms with Crippen LogP contribution in [0.5, 0.6) is 5.75 Å². The minimum absolute atomic E-state index is 0.310. The van der Waals surface area contributed by atoms with Crippen LogP contribution in [0, 0.1) is 0 Å². The van der Waals surface area contributed by atoms with Gasteiger partial charge in [-0.15, -0.1) is 0 Å². The molecule has 1 spiro atoms. The van der Waals surface area contributed by atoms with Crippen molar-refractivity contribution in [3.05, 3.63) is 240 Å². The molecule has 1 aliphatic carbocycles. The monoisotopic (exact) mass is 773 g/mol. The van der Waals surface area contributed by atoms with E-state index in [2.05, 4.69) is 191 Å². The van der Waals surface area contributed by atoms with E-state index in [1.54, 1.807) is 0 Å². The fraction of sp³-hybridized carbons (Fsp3) is 0.0893. The maximum atomic E-state index is 6.64. The molecule has 10 rings (SSSR count). The molecule has 0 N–H and O–H groups in total. The summed E-state index contributed by atoms with van der Waals surface area (Å²) in [4.78, 5) is 15.9. The van der Waals surface area contributed by atoms with Crippen molar-refractivity contribution in [3.63, 3.8) is 0 Å². The molecule has 1 aromatic heterocycles. The van der Waals surface area contributed by atoms with Gasteiger partial charge in [0.15, 0.2) is 17.5 Å². The van der Waals surface area contributed by atoms with Gasteiger partial charge >= 0.3 is 0 Å². The number of benzene rings is 7.